The van der Waals surface area contributed by atoms with Crippen molar-refractivity contribution in [1.82, 2.24) is 0 Å². The topological polar surface area (TPSA) is 108 Å². The molecule has 98 valence electrons. The van der Waals surface area contributed by atoms with Gasteiger partial charge in [-0.3, -0.25) is 20.2 Å². The Morgan fingerprint density at radius 3 is 2.50 bits per heavy atom. The average Bonchev–Trinajstić information content (AvgIpc) is 2.29. The quantitative estimate of drug-likeness (QED) is 0.614. The van der Waals surface area contributed by atoms with Gasteiger partial charge in [0.05, 0.1) is 22.5 Å². The third-order valence-corrected chi connectivity index (χ3v) is 2.21. The number of benzene rings is 1. The maximum atomic E-state index is 10.8. The fourth-order valence-electron chi connectivity index (χ4n) is 1.46. The van der Waals surface area contributed by atoms with Gasteiger partial charge in [0.2, 0.25) is 0 Å². The van der Waals surface area contributed by atoms with Crippen LogP contribution in [0.5, 0.6) is 0 Å². The summed E-state index contributed by atoms with van der Waals surface area (Å²) in [5, 5.41) is 24.3. The SMILES string of the molecule is COC[C@@H](C)Nc1ccc([N+](=O)[O-])cc1[N+](=O)[O-]. The summed E-state index contributed by atoms with van der Waals surface area (Å²) < 4.78 is 4.90. The van der Waals surface area contributed by atoms with Gasteiger partial charge in [0, 0.05) is 19.2 Å². The number of nitro benzene ring substituents is 2. The van der Waals surface area contributed by atoms with E-state index in [0.717, 1.165) is 6.07 Å². The normalized spacial score (nSPS) is 11.9. The molecule has 0 radical (unpaired) electrons. The molecule has 0 heterocycles. The Morgan fingerprint density at radius 2 is 2.00 bits per heavy atom. The molecule has 1 rings (SSSR count). The van der Waals surface area contributed by atoms with Gasteiger partial charge in [0.1, 0.15) is 5.69 Å². The van der Waals surface area contributed by atoms with Crippen molar-refractivity contribution >= 4 is 17.1 Å². The van der Waals surface area contributed by atoms with Crippen LogP contribution in [0.3, 0.4) is 0 Å². The minimum atomic E-state index is -0.671. The molecule has 0 spiro atoms. The van der Waals surface area contributed by atoms with Gasteiger partial charge < -0.3 is 10.1 Å². The number of nitrogens with zero attached hydrogens (tertiary/aromatic N) is 2. The molecule has 0 saturated heterocycles. The molecule has 8 heteroatoms. The minimum absolute atomic E-state index is 0.143. The number of hydrogen-bond acceptors (Lipinski definition) is 6. The van der Waals surface area contributed by atoms with Crippen LogP contribution in [-0.4, -0.2) is 29.6 Å². The first-order chi connectivity index (χ1) is 8.45. The van der Waals surface area contributed by atoms with Gasteiger partial charge in [-0.25, -0.2) is 0 Å². The van der Waals surface area contributed by atoms with Gasteiger partial charge in [0.15, 0.2) is 0 Å². The first-order valence-electron chi connectivity index (χ1n) is 5.14. The van der Waals surface area contributed by atoms with Crippen molar-refractivity contribution in [1.29, 1.82) is 0 Å². The number of methoxy groups -OCH3 is 1. The van der Waals surface area contributed by atoms with Crippen LogP contribution in [-0.2, 0) is 4.74 Å². The second-order valence-electron chi connectivity index (χ2n) is 3.72. The van der Waals surface area contributed by atoms with Crippen molar-refractivity contribution in [2.45, 2.75) is 13.0 Å². The zero-order chi connectivity index (χ0) is 13.7. The monoisotopic (exact) mass is 255 g/mol. The molecule has 0 saturated carbocycles. The molecule has 0 unspecified atom stereocenters. The Morgan fingerprint density at radius 1 is 1.33 bits per heavy atom. The average molecular weight is 255 g/mol. The van der Waals surface area contributed by atoms with E-state index < -0.39 is 9.85 Å². The third-order valence-electron chi connectivity index (χ3n) is 2.21. The maximum absolute atomic E-state index is 10.8. The van der Waals surface area contributed by atoms with E-state index >= 15 is 0 Å². The molecule has 1 aromatic carbocycles. The van der Waals surface area contributed by atoms with Gasteiger partial charge in [-0.05, 0) is 13.0 Å². The van der Waals surface area contributed by atoms with Gasteiger partial charge in [0.25, 0.3) is 11.4 Å². The van der Waals surface area contributed by atoms with E-state index in [4.69, 9.17) is 4.74 Å². The van der Waals surface area contributed by atoms with Crippen LogP contribution >= 0.6 is 0 Å². The van der Waals surface area contributed by atoms with Crippen LogP contribution in [0.25, 0.3) is 0 Å². The van der Waals surface area contributed by atoms with Crippen molar-refractivity contribution in [3.05, 3.63) is 38.4 Å². The van der Waals surface area contributed by atoms with Crippen molar-refractivity contribution in [3.8, 4) is 0 Å². The lowest BCUT2D eigenvalue weighted by atomic mass is 10.2. The number of rotatable bonds is 6. The predicted molar refractivity (Wildman–Crippen MR) is 64.7 cm³/mol. The molecule has 0 fully saturated rings. The molecule has 0 aliphatic rings. The summed E-state index contributed by atoms with van der Waals surface area (Å²) in [6, 6.07) is 3.33. The second kappa shape index (κ2) is 5.92. The van der Waals surface area contributed by atoms with E-state index in [1.54, 1.807) is 6.92 Å². The van der Waals surface area contributed by atoms with Crippen molar-refractivity contribution < 1.29 is 14.6 Å². The molecule has 1 atom stereocenters. The van der Waals surface area contributed by atoms with Gasteiger partial charge in [-0.15, -0.1) is 0 Å². The first-order valence-corrected chi connectivity index (χ1v) is 5.14. The lowest BCUT2D eigenvalue weighted by Gasteiger charge is -2.13. The fourth-order valence-corrected chi connectivity index (χ4v) is 1.46. The summed E-state index contributed by atoms with van der Waals surface area (Å²) in [4.78, 5) is 20.1. The summed E-state index contributed by atoms with van der Waals surface area (Å²) in [6.45, 7) is 2.16. The Bertz CT molecular complexity index is 463. The molecule has 1 N–H and O–H groups in total. The van der Waals surface area contributed by atoms with E-state index in [2.05, 4.69) is 5.32 Å². The van der Waals surface area contributed by atoms with E-state index in [1.165, 1.54) is 19.2 Å². The summed E-state index contributed by atoms with van der Waals surface area (Å²) >= 11 is 0. The summed E-state index contributed by atoms with van der Waals surface area (Å²) in [6.07, 6.45) is 0. The highest BCUT2D eigenvalue weighted by Gasteiger charge is 2.20. The third kappa shape index (κ3) is 3.39. The zero-order valence-corrected chi connectivity index (χ0v) is 9.95. The molecule has 1 aromatic rings. The Labute approximate surface area is 103 Å². The highest BCUT2D eigenvalue weighted by atomic mass is 16.6. The number of hydrogen-bond donors (Lipinski definition) is 1. The lowest BCUT2D eigenvalue weighted by Crippen LogP contribution is -2.21. The summed E-state index contributed by atoms with van der Waals surface area (Å²) in [7, 11) is 1.52. The van der Waals surface area contributed by atoms with Crippen LogP contribution in [0.15, 0.2) is 18.2 Å². The number of ether oxygens (including phenoxy) is 1. The number of anilines is 1. The lowest BCUT2D eigenvalue weighted by molar-refractivity contribution is -0.393. The predicted octanol–water partition coefficient (Wildman–Crippen LogP) is 1.95. The fraction of sp³-hybridized carbons (Fsp3) is 0.400. The number of nitro groups is 2. The first kappa shape index (κ1) is 13.8. The highest BCUT2D eigenvalue weighted by molar-refractivity contribution is 5.65. The van der Waals surface area contributed by atoms with E-state index in [1.807, 2.05) is 0 Å². The van der Waals surface area contributed by atoms with Crippen LogP contribution in [0.1, 0.15) is 6.92 Å². The van der Waals surface area contributed by atoms with Gasteiger partial charge in [-0.2, -0.15) is 0 Å². The van der Waals surface area contributed by atoms with Crippen LogP contribution in [0.2, 0.25) is 0 Å². The van der Waals surface area contributed by atoms with Crippen LogP contribution in [0, 0.1) is 20.2 Å². The van der Waals surface area contributed by atoms with Gasteiger partial charge in [-0.1, -0.05) is 0 Å². The van der Waals surface area contributed by atoms with Crippen molar-refractivity contribution in [2.75, 3.05) is 19.0 Å². The van der Waals surface area contributed by atoms with Gasteiger partial charge >= 0.3 is 0 Å². The summed E-state index contributed by atoms with van der Waals surface area (Å²) in [5.41, 5.74) is -0.408. The Kier molecular flexibility index (Phi) is 4.55. The molecule has 18 heavy (non-hydrogen) atoms. The zero-order valence-electron chi connectivity index (χ0n) is 9.95. The molecule has 8 nitrogen and oxygen atoms in total. The number of nitrogens with one attached hydrogen (secondary N) is 1. The molecule has 0 bridgehead atoms. The minimum Gasteiger partial charge on any atom is -0.383 e. The van der Waals surface area contributed by atoms with E-state index in [-0.39, 0.29) is 23.1 Å². The molecule has 0 amide bonds. The van der Waals surface area contributed by atoms with Crippen LogP contribution in [0.4, 0.5) is 17.1 Å². The highest BCUT2D eigenvalue weighted by Crippen LogP contribution is 2.29. The number of non-ortho nitro benzene ring substituents is 1. The molecular formula is C10H13N3O5. The summed E-state index contributed by atoms with van der Waals surface area (Å²) in [5.74, 6) is 0. The van der Waals surface area contributed by atoms with Crippen molar-refractivity contribution in [2.24, 2.45) is 0 Å². The van der Waals surface area contributed by atoms with Crippen LogP contribution < -0.4 is 5.32 Å². The maximum Gasteiger partial charge on any atom is 0.299 e. The molecule has 0 aliphatic carbocycles. The standard InChI is InChI=1S/C10H13N3O5/c1-7(6-18-2)11-9-4-3-8(12(14)15)5-10(9)13(16)17/h3-5,7,11H,6H2,1-2H3/t7-/m1/s1. The van der Waals surface area contributed by atoms with E-state index in [0.29, 0.717) is 6.61 Å². The largest absolute Gasteiger partial charge is 0.383 e. The molecule has 0 aromatic heterocycles. The second-order valence-corrected chi connectivity index (χ2v) is 3.72. The van der Waals surface area contributed by atoms with E-state index in [9.17, 15) is 20.2 Å². The smallest absolute Gasteiger partial charge is 0.299 e. The molecule has 0 aliphatic heterocycles. The molecular weight excluding hydrogens is 242 g/mol. The Hall–Kier alpha value is -2.22. The Balaban J connectivity index is 3.04. The van der Waals surface area contributed by atoms with Crippen molar-refractivity contribution in [3.63, 3.8) is 0 Å².